The van der Waals surface area contributed by atoms with E-state index in [1.54, 1.807) is 24.3 Å². The van der Waals surface area contributed by atoms with Crippen molar-refractivity contribution in [3.63, 3.8) is 0 Å². The van der Waals surface area contributed by atoms with Crippen LogP contribution in [0.2, 0.25) is 0 Å². The van der Waals surface area contributed by atoms with Crippen molar-refractivity contribution in [2.75, 3.05) is 13.4 Å². The third-order valence-corrected chi connectivity index (χ3v) is 7.84. The summed E-state index contributed by atoms with van der Waals surface area (Å²) in [6.07, 6.45) is 2.39. The van der Waals surface area contributed by atoms with Crippen molar-refractivity contribution >= 4 is 54.9 Å². The summed E-state index contributed by atoms with van der Waals surface area (Å²) >= 11 is 0.712. The van der Waals surface area contributed by atoms with Crippen molar-refractivity contribution in [2.45, 2.75) is 19.8 Å². The number of amidine groups is 2. The van der Waals surface area contributed by atoms with Gasteiger partial charge in [0.05, 0.1) is 18.2 Å². The molecular formula is C24H22N4O6S2. The van der Waals surface area contributed by atoms with Gasteiger partial charge in [0.2, 0.25) is 19.4 Å². The number of fused-ring (bicyclic) bond motifs is 1. The standard InChI is InChI=1S/C24H22N4O6S2/c1-13(2)15-6-8-16(9-7-15)22(30)34-18-10-5-14(12-19(18)33-3)11-17-20(25)28-23(26-21(17)29)35-24(27-28)36(4,31)32/h5-13,25H,1-4H3/b17-11-,25-20?. The van der Waals surface area contributed by atoms with Crippen LogP contribution in [0, 0.1) is 5.41 Å². The molecule has 0 aliphatic carbocycles. The fourth-order valence-corrected chi connectivity index (χ4v) is 5.00. The highest BCUT2D eigenvalue weighted by molar-refractivity contribution is 8.42. The molecule has 0 radical (unpaired) electrons. The number of sulfone groups is 1. The summed E-state index contributed by atoms with van der Waals surface area (Å²) in [4.78, 5) is 29.0. The van der Waals surface area contributed by atoms with E-state index in [9.17, 15) is 18.0 Å². The minimum Gasteiger partial charge on any atom is -0.493 e. The number of nitrogens with one attached hydrogen (secondary N) is 1. The van der Waals surface area contributed by atoms with Crippen molar-refractivity contribution in [1.29, 1.82) is 5.41 Å². The average molecular weight is 527 g/mol. The van der Waals surface area contributed by atoms with E-state index in [0.29, 0.717) is 28.8 Å². The van der Waals surface area contributed by atoms with E-state index < -0.39 is 21.7 Å². The van der Waals surface area contributed by atoms with E-state index >= 15 is 0 Å². The normalized spacial score (nSPS) is 16.7. The molecule has 4 rings (SSSR count). The number of hydrazone groups is 1. The summed E-state index contributed by atoms with van der Waals surface area (Å²) in [7, 11) is -2.21. The first kappa shape index (κ1) is 25.3. The van der Waals surface area contributed by atoms with Gasteiger partial charge in [-0.05, 0) is 59.1 Å². The molecule has 0 aromatic heterocycles. The quantitative estimate of drug-likeness (QED) is 0.354. The van der Waals surface area contributed by atoms with Crippen LogP contribution in [0.4, 0.5) is 0 Å². The van der Waals surface area contributed by atoms with E-state index in [-0.39, 0.29) is 32.5 Å². The summed E-state index contributed by atoms with van der Waals surface area (Å²) in [5, 5.41) is 13.3. The summed E-state index contributed by atoms with van der Waals surface area (Å²) < 4.78 is 34.2. The molecule has 0 atom stereocenters. The second kappa shape index (κ2) is 9.70. The second-order valence-corrected chi connectivity index (χ2v) is 11.4. The molecule has 2 aromatic rings. The number of aliphatic imine (C=N–C) groups is 1. The highest BCUT2D eigenvalue weighted by atomic mass is 32.3. The Kier molecular flexibility index (Phi) is 6.83. The van der Waals surface area contributed by atoms with Crippen LogP contribution < -0.4 is 9.47 Å². The second-order valence-electron chi connectivity index (χ2n) is 8.23. The van der Waals surface area contributed by atoms with Gasteiger partial charge in [0.25, 0.3) is 5.91 Å². The number of hydrogen-bond donors (Lipinski definition) is 1. The predicted molar refractivity (Wildman–Crippen MR) is 138 cm³/mol. The molecule has 36 heavy (non-hydrogen) atoms. The first-order valence-corrected chi connectivity index (χ1v) is 13.4. The molecule has 186 valence electrons. The zero-order chi connectivity index (χ0) is 26.2. The van der Waals surface area contributed by atoms with Gasteiger partial charge in [-0.15, -0.1) is 5.10 Å². The lowest BCUT2D eigenvalue weighted by Gasteiger charge is -2.20. The van der Waals surface area contributed by atoms with Gasteiger partial charge in [0.1, 0.15) is 0 Å². The van der Waals surface area contributed by atoms with E-state index in [4.69, 9.17) is 14.9 Å². The molecule has 0 spiro atoms. The molecule has 10 nitrogen and oxygen atoms in total. The highest BCUT2D eigenvalue weighted by Gasteiger charge is 2.38. The van der Waals surface area contributed by atoms with Crippen molar-refractivity contribution in [1.82, 2.24) is 5.01 Å². The van der Waals surface area contributed by atoms with E-state index in [0.717, 1.165) is 16.8 Å². The van der Waals surface area contributed by atoms with Gasteiger partial charge in [-0.1, -0.05) is 32.0 Å². The van der Waals surface area contributed by atoms with Crippen LogP contribution >= 0.6 is 11.8 Å². The molecule has 0 fully saturated rings. The largest absolute Gasteiger partial charge is 0.493 e. The zero-order valence-electron chi connectivity index (χ0n) is 19.8. The van der Waals surface area contributed by atoms with Gasteiger partial charge in [-0.2, -0.15) is 10.0 Å². The average Bonchev–Trinajstić information content (AvgIpc) is 3.27. The number of carbonyl (C=O) groups excluding carboxylic acids is 2. The van der Waals surface area contributed by atoms with Crippen LogP contribution in [0.3, 0.4) is 0 Å². The topological polar surface area (TPSA) is 139 Å². The molecular weight excluding hydrogens is 504 g/mol. The van der Waals surface area contributed by atoms with Crippen LogP contribution in [0.15, 0.2) is 58.1 Å². The number of nitrogens with zero attached hydrogens (tertiary/aromatic N) is 3. The molecule has 0 unspecified atom stereocenters. The van der Waals surface area contributed by atoms with Crippen molar-refractivity contribution in [3.05, 3.63) is 64.7 Å². The number of carbonyl (C=O) groups is 2. The number of hydrogen-bond acceptors (Lipinski definition) is 9. The SMILES string of the molecule is COc1cc(/C=C2/C(=N)N3N=C(S(C)(=O)=O)SC3=NC2=O)ccc1OC(=O)c1ccc(C(C)C)cc1. The molecule has 0 saturated carbocycles. The predicted octanol–water partition coefficient (Wildman–Crippen LogP) is 3.66. The van der Waals surface area contributed by atoms with Gasteiger partial charge in [0.15, 0.2) is 17.3 Å². The van der Waals surface area contributed by atoms with Crippen LogP contribution in [0.5, 0.6) is 11.5 Å². The van der Waals surface area contributed by atoms with Crippen LogP contribution in [0.1, 0.15) is 41.3 Å². The molecule has 2 heterocycles. The van der Waals surface area contributed by atoms with Crippen LogP contribution in [-0.4, -0.2) is 54.0 Å². The van der Waals surface area contributed by atoms with E-state index in [1.165, 1.54) is 19.3 Å². The van der Waals surface area contributed by atoms with Gasteiger partial charge < -0.3 is 9.47 Å². The van der Waals surface area contributed by atoms with Crippen LogP contribution in [-0.2, 0) is 14.6 Å². The number of rotatable bonds is 5. The Bertz CT molecular complexity index is 1470. The summed E-state index contributed by atoms with van der Waals surface area (Å²) in [6.45, 7) is 4.12. The van der Waals surface area contributed by atoms with Crippen molar-refractivity contribution in [2.24, 2.45) is 10.1 Å². The minimum absolute atomic E-state index is 0.00356. The Morgan fingerprint density at radius 3 is 2.44 bits per heavy atom. The Morgan fingerprint density at radius 2 is 1.83 bits per heavy atom. The van der Waals surface area contributed by atoms with Gasteiger partial charge in [-0.25, -0.2) is 13.2 Å². The number of thioether (sulfide) groups is 1. The molecule has 2 aliphatic heterocycles. The summed E-state index contributed by atoms with van der Waals surface area (Å²) in [6, 6.07) is 11.8. The highest BCUT2D eigenvalue weighted by Crippen LogP contribution is 2.32. The van der Waals surface area contributed by atoms with E-state index in [1.807, 2.05) is 12.1 Å². The zero-order valence-corrected chi connectivity index (χ0v) is 21.4. The third kappa shape index (κ3) is 5.09. The Labute approximate surface area is 212 Å². The maximum Gasteiger partial charge on any atom is 0.343 e. The van der Waals surface area contributed by atoms with Gasteiger partial charge in [-0.3, -0.25) is 10.2 Å². The molecule has 0 saturated heterocycles. The monoisotopic (exact) mass is 526 g/mol. The Hall–Kier alpha value is -3.77. The molecule has 1 N–H and O–H groups in total. The number of esters is 1. The smallest absolute Gasteiger partial charge is 0.343 e. The fourth-order valence-electron chi connectivity index (χ4n) is 3.31. The lowest BCUT2D eigenvalue weighted by molar-refractivity contribution is -0.114. The molecule has 0 bridgehead atoms. The Morgan fingerprint density at radius 1 is 1.14 bits per heavy atom. The maximum atomic E-state index is 12.6. The van der Waals surface area contributed by atoms with Gasteiger partial charge >= 0.3 is 5.97 Å². The first-order chi connectivity index (χ1) is 17.0. The Balaban J connectivity index is 1.58. The lowest BCUT2D eigenvalue weighted by atomic mass is 10.0. The number of amides is 1. The molecule has 2 aliphatic rings. The number of methoxy groups -OCH3 is 1. The lowest BCUT2D eigenvalue weighted by Crippen LogP contribution is -2.35. The van der Waals surface area contributed by atoms with E-state index in [2.05, 4.69) is 23.9 Å². The minimum atomic E-state index is -3.62. The molecule has 2 aromatic carbocycles. The molecule has 12 heteroatoms. The van der Waals surface area contributed by atoms with Crippen molar-refractivity contribution in [3.8, 4) is 11.5 Å². The third-order valence-electron chi connectivity index (χ3n) is 5.27. The van der Waals surface area contributed by atoms with Crippen LogP contribution in [0.25, 0.3) is 6.08 Å². The number of benzene rings is 2. The summed E-state index contributed by atoms with van der Waals surface area (Å²) in [5.74, 6) is -0.805. The first-order valence-electron chi connectivity index (χ1n) is 10.7. The van der Waals surface area contributed by atoms with Gasteiger partial charge in [0, 0.05) is 6.26 Å². The van der Waals surface area contributed by atoms with Crippen molar-refractivity contribution < 1.29 is 27.5 Å². The number of ether oxygens (including phenoxy) is 2. The fraction of sp³-hybridized carbons (Fsp3) is 0.208. The molecule has 1 amide bonds. The maximum absolute atomic E-state index is 12.6. The summed E-state index contributed by atoms with van der Waals surface area (Å²) in [5.41, 5.74) is 1.88.